The molecule has 13 heteroatoms. The molecule has 2 atom stereocenters. The number of hydrogen-bond acceptors (Lipinski definition) is 8. The van der Waals surface area contributed by atoms with Crippen LogP contribution in [0.4, 0.5) is 13.2 Å². The van der Waals surface area contributed by atoms with Gasteiger partial charge in [-0.25, -0.2) is 4.99 Å². The molecule has 0 bridgehead atoms. The Hall–Kier alpha value is -2.64. The molecule has 186 valence electrons. The van der Waals surface area contributed by atoms with Crippen molar-refractivity contribution >= 4 is 45.5 Å². The topological polar surface area (TPSA) is 107 Å². The van der Waals surface area contributed by atoms with Crippen LogP contribution >= 0.6 is 23.4 Å². The molecule has 0 saturated heterocycles. The third-order valence-corrected chi connectivity index (χ3v) is 6.73. The van der Waals surface area contributed by atoms with E-state index in [1.165, 1.54) is 11.8 Å². The highest BCUT2D eigenvalue weighted by molar-refractivity contribution is 8.17. The summed E-state index contributed by atoms with van der Waals surface area (Å²) in [5.41, 5.74) is 0.878. The highest BCUT2D eigenvalue weighted by Crippen LogP contribution is 2.34. The highest BCUT2D eigenvalue weighted by Gasteiger charge is 2.31. The van der Waals surface area contributed by atoms with Crippen molar-refractivity contribution in [2.45, 2.75) is 25.1 Å². The number of rotatable bonds is 6. The lowest BCUT2D eigenvalue weighted by Gasteiger charge is -2.20. The lowest BCUT2D eigenvalue weighted by molar-refractivity contribution is -0.137. The van der Waals surface area contributed by atoms with Crippen LogP contribution in [0.15, 0.2) is 46.6 Å². The van der Waals surface area contributed by atoms with Crippen molar-refractivity contribution in [3.8, 4) is 0 Å². The summed E-state index contributed by atoms with van der Waals surface area (Å²) in [5, 5.41) is 34.5. The Kier molecular flexibility index (Phi) is 7.38. The average molecular weight is 528 g/mol. The van der Waals surface area contributed by atoms with Crippen molar-refractivity contribution in [1.29, 1.82) is 0 Å². The largest absolute Gasteiger partial charge is 0.417 e. The van der Waals surface area contributed by atoms with Crippen molar-refractivity contribution in [3.63, 3.8) is 0 Å². The third-order valence-electron chi connectivity index (χ3n) is 5.24. The van der Waals surface area contributed by atoms with E-state index in [0.717, 1.165) is 28.7 Å². The molecule has 3 aromatic rings. The molecule has 1 aliphatic rings. The second kappa shape index (κ2) is 10.2. The number of amidine groups is 1. The average Bonchev–Trinajstić information content (AvgIpc) is 3.37. The summed E-state index contributed by atoms with van der Waals surface area (Å²) in [6.45, 7) is -0.105. The van der Waals surface area contributed by atoms with Crippen molar-refractivity contribution in [2.24, 2.45) is 4.99 Å². The summed E-state index contributed by atoms with van der Waals surface area (Å²) < 4.78 is 40.1. The van der Waals surface area contributed by atoms with Gasteiger partial charge in [-0.2, -0.15) is 18.3 Å². The SMILES string of the molecule is CN(CC(O)CO)C1=NC(O)/C(=C/c2ccc3c(cnn3Cc3ncc(C(F)(F)F)cc3Cl)c2)S1. The first-order valence-corrected chi connectivity index (χ1v) is 11.6. The summed E-state index contributed by atoms with van der Waals surface area (Å²) in [4.78, 5) is 10.3. The molecule has 8 nitrogen and oxygen atoms in total. The van der Waals surface area contributed by atoms with E-state index in [2.05, 4.69) is 15.1 Å². The molecule has 1 aliphatic heterocycles. The third kappa shape index (κ3) is 5.78. The minimum Gasteiger partial charge on any atom is -0.394 e. The van der Waals surface area contributed by atoms with Crippen LogP contribution in [-0.4, -0.2) is 72.7 Å². The van der Waals surface area contributed by atoms with Crippen LogP contribution in [0, 0.1) is 0 Å². The van der Waals surface area contributed by atoms with E-state index in [4.69, 9.17) is 16.7 Å². The number of likely N-dealkylation sites (N-methyl/N-ethyl adjacent to an activating group) is 1. The van der Waals surface area contributed by atoms with E-state index in [-0.39, 0.29) is 30.4 Å². The van der Waals surface area contributed by atoms with Gasteiger partial charge in [-0.3, -0.25) is 9.67 Å². The van der Waals surface area contributed by atoms with E-state index < -0.39 is 24.1 Å². The fourth-order valence-corrected chi connectivity index (χ4v) is 4.62. The maximum Gasteiger partial charge on any atom is 0.417 e. The quantitative estimate of drug-likeness (QED) is 0.452. The molecule has 4 rings (SSSR count). The van der Waals surface area contributed by atoms with Crippen LogP contribution in [0.25, 0.3) is 17.0 Å². The molecule has 0 amide bonds. The molecule has 3 N–H and O–H groups in total. The second-order valence-corrected chi connectivity index (χ2v) is 9.37. The maximum absolute atomic E-state index is 12.9. The number of benzene rings is 1. The molecule has 0 fully saturated rings. The fraction of sp³-hybridized carbons (Fsp3) is 0.318. The zero-order valence-electron chi connectivity index (χ0n) is 18.3. The van der Waals surface area contributed by atoms with Gasteiger partial charge in [0.15, 0.2) is 11.4 Å². The summed E-state index contributed by atoms with van der Waals surface area (Å²) in [6, 6.07) is 6.34. The zero-order chi connectivity index (χ0) is 25.3. The number of hydrogen-bond donors (Lipinski definition) is 3. The first kappa shape index (κ1) is 25.5. The van der Waals surface area contributed by atoms with Crippen LogP contribution in [0.1, 0.15) is 16.8 Å². The van der Waals surface area contributed by atoms with Crippen molar-refractivity contribution in [3.05, 3.63) is 63.4 Å². The molecule has 2 aromatic heterocycles. The van der Waals surface area contributed by atoms with E-state index in [1.807, 2.05) is 18.2 Å². The van der Waals surface area contributed by atoms with Gasteiger partial charge in [0.05, 0.1) is 47.2 Å². The molecule has 0 radical (unpaired) electrons. The van der Waals surface area contributed by atoms with Crippen molar-refractivity contribution < 1.29 is 28.5 Å². The van der Waals surface area contributed by atoms with Crippen LogP contribution in [-0.2, 0) is 12.7 Å². The number of pyridine rings is 1. The summed E-state index contributed by atoms with van der Waals surface area (Å²) in [7, 11) is 1.71. The van der Waals surface area contributed by atoms with Crippen molar-refractivity contribution in [2.75, 3.05) is 20.2 Å². The van der Waals surface area contributed by atoms with Gasteiger partial charge in [0.25, 0.3) is 0 Å². The molecule has 0 aliphatic carbocycles. The molecule has 1 aromatic carbocycles. The first-order valence-electron chi connectivity index (χ1n) is 10.4. The smallest absolute Gasteiger partial charge is 0.394 e. The number of alkyl halides is 3. The van der Waals surface area contributed by atoms with Gasteiger partial charge in [-0.15, -0.1) is 0 Å². The number of nitrogens with zero attached hydrogens (tertiary/aromatic N) is 5. The van der Waals surface area contributed by atoms with Crippen LogP contribution < -0.4 is 0 Å². The summed E-state index contributed by atoms with van der Waals surface area (Å²) in [6.07, 6.45) is -2.33. The highest BCUT2D eigenvalue weighted by atomic mass is 35.5. The number of thioether (sulfide) groups is 1. The summed E-state index contributed by atoms with van der Waals surface area (Å²) in [5.74, 6) is 0. The minimum atomic E-state index is -4.52. The molecule has 0 saturated carbocycles. The Morgan fingerprint density at radius 2 is 2.06 bits per heavy atom. The van der Waals surface area contributed by atoms with E-state index >= 15 is 0 Å². The van der Waals surface area contributed by atoms with Gasteiger partial charge in [0, 0.05) is 30.1 Å². The first-order chi connectivity index (χ1) is 16.5. The number of aliphatic imine (C=N–C) groups is 1. The zero-order valence-corrected chi connectivity index (χ0v) is 19.9. The number of halogens is 4. The molecular weight excluding hydrogens is 507 g/mol. The number of aliphatic hydroxyl groups excluding tert-OH is 3. The molecular formula is C22H21ClF3N5O3S. The van der Waals surface area contributed by atoms with E-state index in [0.29, 0.717) is 10.1 Å². The lowest BCUT2D eigenvalue weighted by atomic mass is 10.1. The molecule has 2 unspecified atom stereocenters. The Labute approximate surface area is 207 Å². The predicted octanol–water partition coefficient (Wildman–Crippen LogP) is 3.20. The number of aliphatic hydroxyl groups is 3. The van der Waals surface area contributed by atoms with Crippen LogP contribution in [0.2, 0.25) is 5.02 Å². The molecule has 3 heterocycles. The molecule has 35 heavy (non-hydrogen) atoms. The summed E-state index contributed by atoms with van der Waals surface area (Å²) >= 11 is 7.29. The number of aromatic nitrogens is 3. The lowest BCUT2D eigenvalue weighted by Crippen LogP contribution is -2.33. The van der Waals surface area contributed by atoms with Crippen LogP contribution in [0.5, 0.6) is 0 Å². The minimum absolute atomic E-state index is 0.0932. The monoisotopic (exact) mass is 527 g/mol. The van der Waals surface area contributed by atoms with Gasteiger partial charge in [-0.05, 0) is 29.8 Å². The number of fused-ring (bicyclic) bond motifs is 1. The maximum atomic E-state index is 12.9. The Morgan fingerprint density at radius 1 is 1.29 bits per heavy atom. The van der Waals surface area contributed by atoms with E-state index in [1.54, 1.807) is 28.9 Å². The Balaban J connectivity index is 1.50. The van der Waals surface area contributed by atoms with Gasteiger partial charge < -0.3 is 20.2 Å². The van der Waals surface area contributed by atoms with Crippen molar-refractivity contribution in [1.82, 2.24) is 19.7 Å². The predicted molar refractivity (Wildman–Crippen MR) is 128 cm³/mol. The fourth-order valence-electron chi connectivity index (χ4n) is 3.45. The van der Waals surface area contributed by atoms with Crippen LogP contribution in [0.3, 0.4) is 0 Å². The Bertz CT molecular complexity index is 1300. The Morgan fingerprint density at radius 3 is 2.74 bits per heavy atom. The van der Waals surface area contributed by atoms with E-state index in [9.17, 15) is 23.4 Å². The molecule has 0 spiro atoms. The van der Waals surface area contributed by atoms with Gasteiger partial charge >= 0.3 is 6.18 Å². The van der Waals surface area contributed by atoms with Gasteiger partial charge in [0.1, 0.15) is 0 Å². The second-order valence-electron chi connectivity index (χ2n) is 7.92. The van der Waals surface area contributed by atoms with Gasteiger partial charge in [-0.1, -0.05) is 29.4 Å². The standard InChI is InChI=1S/C22H21ClF3N5O3S/c1-30(9-15(33)11-32)21-29-20(34)19(35-21)5-12-2-3-18-13(4-12)7-28-31(18)10-17-16(23)6-14(8-27-17)22(24,25)26/h2-8,15,20,32-34H,9-11H2,1H3/b19-5-. The van der Waals surface area contributed by atoms with Gasteiger partial charge in [0.2, 0.25) is 0 Å². The normalized spacial score (nSPS) is 18.3.